The average molecular weight is 280 g/mol. The van der Waals surface area contributed by atoms with E-state index in [2.05, 4.69) is 32.9 Å². The first-order chi connectivity index (χ1) is 9.42. The van der Waals surface area contributed by atoms with Gasteiger partial charge in [-0.05, 0) is 52.9 Å². The molecular weight excluding hydrogens is 252 g/mol. The number of esters is 1. The van der Waals surface area contributed by atoms with Crippen molar-refractivity contribution in [3.05, 3.63) is 23.3 Å². The van der Waals surface area contributed by atoms with Crippen LogP contribution in [0, 0.1) is 0 Å². The molecule has 3 heteroatoms. The van der Waals surface area contributed by atoms with Gasteiger partial charge in [-0.1, -0.05) is 30.2 Å². The zero-order valence-electron chi connectivity index (χ0n) is 13.5. The summed E-state index contributed by atoms with van der Waals surface area (Å²) >= 11 is 0. The van der Waals surface area contributed by atoms with Gasteiger partial charge in [0.25, 0.3) is 0 Å². The van der Waals surface area contributed by atoms with Crippen molar-refractivity contribution in [3.63, 3.8) is 0 Å². The third-order valence-corrected chi connectivity index (χ3v) is 4.02. The Labute approximate surface area is 123 Å². The number of hydrogen-bond acceptors (Lipinski definition) is 3. The third-order valence-electron chi connectivity index (χ3n) is 4.02. The van der Waals surface area contributed by atoms with Crippen LogP contribution in [0.15, 0.2) is 23.3 Å². The minimum atomic E-state index is -0.364. The summed E-state index contributed by atoms with van der Waals surface area (Å²) in [7, 11) is 1.40. The van der Waals surface area contributed by atoms with Crippen LogP contribution < -0.4 is 0 Å². The Balaban J connectivity index is 2.26. The van der Waals surface area contributed by atoms with Crippen LogP contribution in [-0.2, 0) is 14.3 Å². The SMILES string of the molecule is CCC(C)=CCCC(C)=CCCC1(C)OC1C(=O)OC. The van der Waals surface area contributed by atoms with Crippen LogP contribution >= 0.6 is 0 Å². The molecule has 0 aromatic rings. The van der Waals surface area contributed by atoms with Gasteiger partial charge in [-0.3, -0.25) is 0 Å². The summed E-state index contributed by atoms with van der Waals surface area (Å²) in [5.74, 6) is -0.256. The van der Waals surface area contributed by atoms with Gasteiger partial charge in [0.05, 0.1) is 7.11 Å². The molecule has 0 bridgehead atoms. The van der Waals surface area contributed by atoms with Crippen LogP contribution in [0.5, 0.6) is 0 Å². The Hall–Kier alpha value is -1.09. The molecule has 2 atom stereocenters. The Morgan fingerprint density at radius 3 is 2.50 bits per heavy atom. The summed E-state index contributed by atoms with van der Waals surface area (Å²) in [6, 6.07) is 0. The minimum Gasteiger partial charge on any atom is -0.467 e. The highest BCUT2D eigenvalue weighted by Crippen LogP contribution is 2.41. The molecule has 0 spiro atoms. The molecule has 1 aliphatic heterocycles. The fraction of sp³-hybridized carbons (Fsp3) is 0.706. The van der Waals surface area contributed by atoms with Gasteiger partial charge < -0.3 is 9.47 Å². The van der Waals surface area contributed by atoms with Crippen LogP contribution in [0.3, 0.4) is 0 Å². The molecule has 1 fully saturated rings. The lowest BCUT2D eigenvalue weighted by Crippen LogP contribution is -2.18. The topological polar surface area (TPSA) is 38.8 Å². The number of carbonyl (C=O) groups excluding carboxylic acids is 1. The van der Waals surface area contributed by atoms with Crippen molar-refractivity contribution >= 4 is 5.97 Å². The summed E-state index contributed by atoms with van der Waals surface area (Å²) < 4.78 is 10.2. The molecule has 0 radical (unpaired) electrons. The number of epoxide rings is 1. The van der Waals surface area contributed by atoms with Crippen molar-refractivity contribution in [2.45, 2.75) is 71.5 Å². The normalized spacial score (nSPS) is 26.6. The fourth-order valence-electron chi connectivity index (χ4n) is 2.23. The largest absolute Gasteiger partial charge is 0.467 e. The predicted octanol–water partition coefficient (Wildman–Crippen LogP) is 4.18. The molecule has 0 saturated carbocycles. The third kappa shape index (κ3) is 5.12. The lowest BCUT2D eigenvalue weighted by molar-refractivity contribution is -0.142. The van der Waals surface area contributed by atoms with Gasteiger partial charge in [0.1, 0.15) is 5.60 Å². The van der Waals surface area contributed by atoms with Crippen molar-refractivity contribution in [1.82, 2.24) is 0 Å². The summed E-state index contributed by atoms with van der Waals surface area (Å²) in [5.41, 5.74) is 2.55. The van der Waals surface area contributed by atoms with Crippen LogP contribution in [-0.4, -0.2) is 24.8 Å². The first-order valence-electron chi connectivity index (χ1n) is 7.50. The molecule has 1 rings (SSSR count). The Morgan fingerprint density at radius 2 is 1.90 bits per heavy atom. The molecule has 20 heavy (non-hydrogen) atoms. The van der Waals surface area contributed by atoms with E-state index in [4.69, 9.17) is 9.47 Å². The molecule has 0 amide bonds. The van der Waals surface area contributed by atoms with Crippen LogP contribution in [0.1, 0.15) is 59.8 Å². The number of hydrogen-bond donors (Lipinski definition) is 0. The molecule has 0 aliphatic carbocycles. The molecule has 2 unspecified atom stereocenters. The second kappa shape index (κ2) is 7.63. The van der Waals surface area contributed by atoms with E-state index >= 15 is 0 Å². The minimum absolute atomic E-state index is 0.256. The van der Waals surface area contributed by atoms with E-state index in [9.17, 15) is 4.79 Å². The van der Waals surface area contributed by atoms with Gasteiger partial charge in [-0.15, -0.1) is 0 Å². The van der Waals surface area contributed by atoms with Gasteiger partial charge in [0, 0.05) is 0 Å². The van der Waals surface area contributed by atoms with Crippen molar-refractivity contribution in [1.29, 1.82) is 0 Å². The monoisotopic (exact) mass is 280 g/mol. The standard InChI is InChI=1S/C17H28O3/c1-6-13(2)9-7-10-14(3)11-8-12-17(4)15(20-17)16(18)19-5/h9,11,15H,6-8,10,12H2,1-5H3. The van der Waals surface area contributed by atoms with Crippen LogP contribution in [0.25, 0.3) is 0 Å². The maximum Gasteiger partial charge on any atom is 0.338 e. The summed E-state index contributed by atoms with van der Waals surface area (Å²) in [6.07, 6.45) is 9.38. The quantitative estimate of drug-likeness (QED) is 0.380. The van der Waals surface area contributed by atoms with E-state index < -0.39 is 0 Å². The molecule has 1 heterocycles. The van der Waals surface area contributed by atoms with Gasteiger partial charge in [-0.2, -0.15) is 0 Å². The average Bonchev–Trinajstić information content (AvgIpc) is 3.09. The molecule has 1 saturated heterocycles. The maximum atomic E-state index is 11.4. The summed E-state index contributed by atoms with van der Waals surface area (Å²) in [6.45, 7) is 8.51. The van der Waals surface area contributed by atoms with Gasteiger partial charge in [0.15, 0.2) is 6.10 Å². The number of rotatable bonds is 8. The van der Waals surface area contributed by atoms with Crippen molar-refractivity contribution in [2.24, 2.45) is 0 Å². The molecule has 0 aromatic heterocycles. The molecule has 114 valence electrons. The molecule has 3 nitrogen and oxygen atoms in total. The van der Waals surface area contributed by atoms with Crippen molar-refractivity contribution < 1.29 is 14.3 Å². The molecular formula is C17H28O3. The molecule has 0 aromatic carbocycles. The summed E-state index contributed by atoms with van der Waals surface area (Å²) in [4.78, 5) is 11.4. The van der Waals surface area contributed by atoms with E-state index in [1.165, 1.54) is 18.3 Å². The van der Waals surface area contributed by atoms with E-state index in [1.54, 1.807) is 0 Å². The van der Waals surface area contributed by atoms with E-state index in [0.29, 0.717) is 0 Å². The Bertz CT molecular complexity index is 395. The predicted molar refractivity (Wildman–Crippen MR) is 81.6 cm³/mol. The van der Waals surface area contributed by atoms with E-state index in [-0.39, 0.29) is 17.7 Å². The van der Waals surface area contributed by atoms with E-state index in [0.717, 1.165) is 32.1 Å². The van der Waals surface area contributed by atoms with Crippen molar-refractivity contribution in [3.8, 4) is 0 Å². The smallest absolute Gasteiger partial charge is 0.338 e. The van der Waals surface area contributed by atoms with Gasteiger partial charge >= 0.3 is 5.97 Å². The lowest BCUT2D eigenvalue weighted by atomic mass is 9.99. The highest BCUT2D eigenvalue weighted by atomic mass is 16.6. The van der Waals surface area contributed by atoms with Crippen LogP contribution in [0.4, 0.5) is 0 Å². The zero-order chi connectivity index (χ0) is 15.2. The highest BCUT2D eigenvalue weighted by molar-refractivity contribution is 5.79. The first kappa shape index (κ1) is 17.0. The molecule has 1 aliphatic rings. The van der Waals surface area contributed by atoms with E-state index in [1.807, 2.05) is 6.92 Å². The second-order valence-corrected chi connectivity index (χ2v) is 5.87. The number of ether oxygens (including phenoxy) is 2. The zero-order valence-corrected chi connectivity index (χ0v) is 13.5. The fourth-order valence-corrected chi connectivity index (χ4v) is 2.23. The number of carbonyl (C=O) groups is 1. The number of methoxy groups -OCH3 is 1. The van der Waals surface area contributed by atoms with Gasteiger partial charge in [0.2, 0.25) is 0 Å². The first-order valence-corrected chi connectivity index (χ1v) is 7.50. The maximum absolute atomic E-state index is 11.4. The lowest BCUT2D eigenvalue weighted by Gasteiger charge is -2.04. The van der Waals surface area contributed by atoms with Gasteiger partial charge in [-0.25, -0.2) is 4.79 Å². The highest BCUT2D eigenvalue weighted by Gasteiger charge is 2.57. The number of allylic oxidation sites excluding steroid dienone is 4. The Kier molecular flexibility index (Phi) is 6.47. The summed E-state index contributed by atoms with van der Waals surface area (Å²) in [5, 5.41) is 0. The van der Waals surface area contributed by atoms with Crippen LogP contribution in [0.2, 0.25) is 0 Å². The Morgan fingerprint density at radius 1 is 1.25 bits per heavy atom. The molecule has 0 N–H and O–H groups in total. The van der Waals surface area contributed by atoms with Crippen molar-refractivity contribution in [2.75, 3.05) is 7.11 Å². The second-order valence-electron chi connectivity index (χ2n) is 5.87.